The summed E-state index contributed by atoms with van der Waals surface area (Å²) in [6.07, 6.45) is 0. The summed E-state index contributed by atoms with van der Waals surface area (Å²) in [5.74, 6) is 0.108. The van der Waals surface area contributed by atoms with E-state index in [9.17, 15) is 9.59 Å². The number of carbonyl (C=O) groups excluding carboxylic acids is 2. The van der Waals surface area contributed by atoms with Gasteiger partial charge in [0, 0.05) is 22.5 Å². The van der Waals surface area contributed by atoms with Crippen LogP contribution >= 0.6 is 34.8 Å². The quantitative estimate of drug-likeness (QED) is 0.329. The average Bonchev–Trinajstić information content (AvgIpc) is 2.74. The van der Waals surface area contributed by atoms with Crippen LogP contribution in [0.15, 0.2) is 72.8 Å². The molecule has 0 aliphatic heterocycles. The molecule has 152 valence electrons. The van der Waals surface area contributed by atoms with Crippen LogP contribution in [0, 0.1) is 3.57 Å². The predicted molar refractivity (Wildman–Crippen MR) is 130 cm³/mol. The Hall–Kier alpha value is -2.98. The van der Waals surface area contributed by atoms with Crippen molar-refractivity contribution in [1.29, 1.82) is 0 Å². The number of benzene rings is 3. The molecule has 2 amide bonds. The molecule has 0 fully saturated rings. The molecule has 0 unspecified atom stereocenters. The summed E-state index contributed by atoms with van der Waals surface area (Å²) in [5.41, 5.74) is 2.21. The molecular weight excluding hydrogens is 513 g/mol. The van der Waals surface area contributed by atoms with Gasteiger partial charge in [0.25, 0.3) is 11.8 Å². The van der Waals surface area contributed by atoms with Crippen LogP contribution in [-0.2, 0) is 0 Å². The Morgan fingerprint density at radius 3 is 2.23 bits per heavy atom. The summed E-state index contributed by atoms with van der Waals surface area (Å²) in [6.45, 7) is 0. The molecule has 0 radical (unpaired) electrons. The number of halogens is 1. The standard InChI is InChI=1S/C22H18IN3O3S/c1-29-19-11-10-15(13-18(19)23)21(28)26-22(30)25-17-9-5-6-14(12-17)20(27)24-16-7-3-2-4-8-16/h2-13H,1H3,(H,24,27)(H2,25,26,28,30). The number of amides is 2. The molecule has 0 saturated carbocycles. The van der Waals surface area contributed by atoms with E-state index in [1.54, 1.807) is 49.6 Å². The van der Waals surface area contributed by atoms with Crippen LogP contribution in [0.3, 0.4) is 0 Å². The van der Waals surface area contributed by atoms with Crippen molar-refractivity contribution in [1.82, 2.24) is 5.32 Å². The van der Waals surface area contributed by atoms with Gasteiger partial charge in [0.1, 0.15) is 5.75 Å². The summed E-state index contributed by atoms with van der Waals surface area (Å²) in [6, 6.07) is 21.1. The zero-order valence-electron chi connectivity index (χ0n) is 15.9. The van der Waals surface area contributed by atoms with Gasteiger partial charge in [-0.25, -0.2) is 0 Å². The van der Waals surface area contributed by atoms with Crippen molar-refractivity contribution in [3.63, 3.8) is 0 Å². The van der Waals surface area contributed by atoms with E-state index >= 15 is 0 Å². The molecule has 3 N–H and O–H groups in total. The van der Waals surface area contributed by atoms with E-state index in [0.29, 0.717) is 28.3 Å². The molecule has 3 aromatic carbocycles. The lowest BCUT2D eigenvalue weighted by Gasteiger charge is -2.12. The number of anilines is 2. The first-order valence-corrected chi connectivity index (χ1v) is 10.4. The minimum atomic E-state index is -0.342. The van der Waals surface area contributed by atoms with Gasteiger partial charge >= 0.3 is 0 Å². The highest BCUT2D eigenvalue weighted by Crippen LogP contribution is 2.21. The van der Waals surface area contributed by atoms with Crippen molar-refractivity contribution < 1.29 is 14.3 Å². The highest BCUT2D eigenvalue weighted by atomic mass is 127. The van der Waals surface area contributed by atoms with Gasteiger partial charge in [-0.3, -0.25) is 14.9 Å². The third-order valence-corrected chi connectivity index (χ3v) is 5.10. The second-order valence-electron chi connectivity index (χ2n) is 6.16. The summed E-state index contributed by atoms with van der Waals surface area (Å²) >= 11 is 7.34. The molecule has 3 aromatic rings. The largest absolute Gasteiger partial charge is 0.496 e. The zero-order valence-corrected chi connectivity index (χ0v) is 18.9. The van der Waals surface area contributed by atoms with Crippen LogP contribution < -0.4 is 20.7 Å². The maximum absolute atomic E-state index is 12.4. The second kappa shape index (κ2) is 10.2. The number of methoxy groups -OCH3 is 1. The number of hydrogen-bond acceptors (Lipinski definition) is 4. The van der Waals surface area contributed by atoms with Crippen molar-refractivity contribution in [2.24, 2.45) is 0 Å². The van der Waals surface area contributed by atoms with Gasteiger partial charge in [-0.1, -0.05) is 24.3 Å². The third kappa shape index (κ3) is 5.77. The van der Waals surface area contributed by atoms with Gasteiger partial charge in [0.2, 0.25) is 0 Å². The summed E-state index contributed by atoms with van der Waals surface area (Å²) in [7, 11) is 1.57. The Kier molecular flexibility index (Phi) is 7.36. The van der Waals surface area contributed by atoms with Crippen molar-refractivity contribution in [3.8, 4) is 5.75 Å². The lowest BCUT2D eigenvalue weighted by atomic mass is 10.2. The maximum atomic E-state index is 12.4. The van der Waals surface area contributed by atoms with Crippen LogP contribution in [-0.4, -0.2) is 24.0 Å². The van der Waals surface area contributed by atoms with Crippen molar-refractivity contribution in [3.05, 3.63) is 87.5 Å². The van der Waals surface area contributed by atoms with E-state index in [4.69, 9.17) is 17.0 Å². The van der Waals surface area contributed by atoms with Crippen LogP contribution in [0.2, 0.25) is 0 Å². The monoisotopic (exact) mass is 531 g/mol. The highest BCUT2D eigenvalue weighted by Gasteiger charge is 2.12. The van der Waals surface area contributed by atoms with E-state index in [1.807, 2.05) is 30.3 Å². The summed E-state index contributed by atoms with van der Waals surface area (Å²) in [5, 5.41) is 8.52. The number of ether oxygens (including phenoxy) is 1. The molecule has 0 bridgehead atoms. The Morgan fingerprint density at radius 2 is 1.53 bits per heavy atom. The topological polar surface area (TPSA) is 79.5 Å². The summed E-state index contributed by atoms with van der Waals surface area (Å²) < 4.78 is 6.02. The number of carbonyl (C=O) groups is 2. The first-order valence-electron chi connectivity index (χ1n) is 8.88. The van der Waals surface area contributed by atoms with Crippen molar-refractivity contribution in [2.75, 3.05) is 17.7 Å². The van der Waals surface area contributed by atoms with Gasteiger partial charge in [-0.05, 0) is 83.3 Å². The van der Waals surface area contributed by atoms with Gasteiger partial charge < -0.3 is 15.4 Å². The Labute approximate surface area is 193 Å². The van der Waals surface area contributed by atoms with Gasteiger partial charge in [-0.15, -0.1) is 0 Å². The first-order chi connectivity index (χ1) is 14.5. The second-order valence-corrected chi connectivity index (χ2v) is 7.73. The molecule has 0 saturated heterocycles. The van der Waals surface area contributed by atoms with E-state index < -0.39 is 0 Å². The fraction of sp³-hybridized carbons (Fsp3) is 0.0455. The molecule has 8 heteroatoms. The number of para-hydroxylation sites is 1. The van der Waals surface area contributed by atoms with Gasteiger partial charge in [0.05, 0.1) is 10.7 Å². The van der Waals surface area contributed by atoms with E-state index in [0.717, 1.165) is 3.57 Å². The number of hydrogen-bond donors (Lipinski definition) is 3. The molecule has 0 spiro atoms. The van der Waals surface area contributed by atoms with E-state index in [-0.39, 0.29) is 16.9 Å². The molecule has 0 aromatic heterocycles. The minimum Gasteiger partial charge on any atom is -0.496 e. The molecule has 3 rings (SSSR count). The maximum Gasteiger partial charge on any atom is 0.257 e. The number of rotatable bonds is 5. The number of thiocarbonyl (C=S) groups is 1. The lowest BCUT2D eigenvalue weighted by molar-refractivity contribution is 0.0976. The fourth-order valence-electron chi connectivity index (χ4n) is 2.61. The van der Waals surface area contributed by atoms with Crippen LogP contribution in [0.25, 0.3) is 0 Å². The zero-order chi connectivity index (χ0) is 21.5. The Morgan fingerprint density at radius 1 is 0.833 bits per heavy atom. The molecule has 0 atom stereocenters. The molecular formula is C22H18IN3O3S. The molecule has 6 nitrogen and oxygen atoms in total. The van der Waals surface area contributed by atoms with Crippen molar-refractivity contribution >= 4 is 63.1 Å². The first kappa shape index (κ1) is 21.7. The predicted octanol–water partition coefficient (Wildman–Crippen LogP) is 4.68. The van der Waals surface area contributed by atoms with Crippen LogP contribution in [0.4, 0.5) is 11.4 Å². The van der Waals surface area contributed by atoms with Crippen molar-refractivity contribution in [2.45, 2.75) is 0 Å². The van der Waals surface area contributed by atoms with Crippen LogP contribution in [0.1, 0.15) is 20.7 Å². The Bertz CT molecular complexity index is 1090. The SMILES string of the molecule is COc1ccc(C(=O)NC(=S)Nc2cccc(C(=O)Nc3ccccc3)c2)cc1I. The lowest BCUT2D eigenvalue weighted by Crippen LogP contribution is -2.34. The smallest absolute Gasteiger partial charge is 0.257 e. The van der Waals surface area contributed by atoms with Gasteiger partial charge in [0.15, 0.2) is 5.11 Å². The fourth-order valence-corrected chi connectivity index (χ4v) is 3.55. The highest BCUT2D eigenvalue weighted by molar-refractivity contribution is 14.1. The molecule has 30 heavy (non-hydrogen) atoms. The molecule has 0 aliphatic carbocycles. The third-order valence-electron chi connectivity index (χ3n) is 4.06. The van der Waals surface area contributed by atoms with E-state index in [1.165, 1.54) is 0 Å². The average molecular weight is 531 g/mol. The van der Waals surface area contributed by atoms with Crippen LogP contribution in [0.5, 0.6) is 5.75 Å². The van der Waals surface area contributed by atoms with E-state index in [2.05, 4.69) is 38.5 Å². The normalized spacial score (nSPS) is 10.1. The Balaban J connectivity index is 1.62. The molecule has 0 heterocycles. The molecule has 0 aliphatic rings. The minimum absolute atomic E-state index is 0.131. The van der Waals surface area contributed by atoms with Gasteiger partial charge in [-0.2, -0.15) is 0 Å². The number of nitrogens with one attached hydrogen (secondary N) is 3. The summed E-state index contributed by atoms with van der Waals surface area (Å²) in [4.78, 5) is 24.9.